The highest BCUT2D eigenvalue weighted by molar-refractivity contribution is 6.00. The fourth-order valence-corrected chi connectivity index (χ4v) is 5.68. The van der Waals surface area contributed by atoms with Gasteiger partial charge in [-0.3, -0.25) is 9.78 Å². The van der Waals surface area contributed by atoms with Gasteiger partial charge in [0.15, 0.2) is 0 Å². The fourth-order valence-electron chi connectivity index (χ4n) is 5.68. The van der Waals surface area contributed by atoms with E-state index in [-0.39, 0.29) is 18.0 Å². The molecule has 0 spiro atoms. The summed E-state index contributed by atoms with van der Waals surface area (Å²) in [6, 6.07) is 24.0. The van der Waals surface area contributed by atoms with Crippen LogP contribution >= 0.6 is 0 Å². The van der Waals surface area contributed by atoms with Gasteiger partial charge in [0.05, 0.1) is 24.3 Å². The molecule has 0 radical (unpaired) electrons. The maximum Gasteiger partial charge on any atom is 0.254 e. The highest BCUT2D eigenvalue weighted by atomic mass is 16.5. The zero-order valence-corrected chi connectivity index (χ0v) is 23.5. The Morgan fingerprint density at radius 3 is 2.15 bits per heavy atom. The molecule has 7 nitrogen and oxygen atoms in total. The molecule has 40 heavy (non-hydrogen) atoms. The van der Waals surface area contributed by atoms with E-state index in [4.69, 9.17) is 15.0 Å². The number of rotatable bonds is 5. The quantitative estimate of drug-likeness (QED) is 0.356. The number of piperazine rings is 1. The van der Waals surface area contributed by atoms with Crippen LogP contribution < -0.4 is 9.64 Å². The average Bonchev–Trinajstić information content (AvgIpc) is 2.95. The van der Waals surface area contributed by atoms with Gasteiger partial charge in [-0.15, -0.1) is 0 Å². The number of para-hydroxylation sites is 1. The summed E-state index contributed by atoms with van der Waals surface area (Å²) in [5, 5.41) is 20.3. The maximum atomic E-state index is 12.8. The van der Waals surface area contributed by atoms with Gasteiger partial charge in [0.25, 0.3) is 5.91 Å². The van der Waals surface area contributed by atoms with Gasteiger partial charge in [-0.1, -0.05) is 36.4 Å². The zero-order chi connectivity index (χ0) is 28.6. The van der Waals surface area contributed by atoms with Crippen LogP contribution in [0.2, 0.25) is 0 Å². The van der Waals surface area contributed by atoms with Crippen LogP contribution in [0.5, 0.6) is 5.75 Å². The summed E-state index contributed by atoms with van der Waals surface area (Å²) < 4.78 is 5.93. The normalized spacial score (nSPS) is 17.5. The van der Waals surface area contributed by atoms with Crippen molar-refractivity contribution in [3.05, 3.63) is 78.5 Å². The Morgan fingerprint density at radius 1 is 0.975 bits per heavy atom. The maximum absolute atomic E-state index is 12.8. The Morgan fingerprint density at radius 2 is 1.57 bits per heavy atom. The fraction of sp³-hybridized carbons (Fsp3) is 0.303. The van der Waals surface area contributed by atoms with E-state index in [9.17, 15) is 9.90 Å². The molecular formula is C33H34N4O3. The highest BCUT2D eigenvalue weighted by Crippen LogP contribution is 2.39. The van der Waals surface area contributed by atoms with Crippen LogP contribution in [-0.2, 0) is 4.79 Å². The number of aromatic nitrogens is 1. The molecule has 2 heterocycles. The highest BCUT2D eigenvalue weighted by Gasteiger charge is 2.38. The molecule has 5 rings (SSSR count). The van der Waals surface area contributed by atoms with Crippen molar-refractivity contribution in [2.45, 2.75) is 45.4 Å². The smallest absolute Gasteiger partial charge is 0.254 e. The molecule has 1 aliphatic rings. The second-order valence-corrected chi connectivity index (χ2v) is 11.0. The Hall–Kier alpha value is -4.41. The number of ether oxygens (including phenoxy) is 1. The topological polar surface area (TPSA) is 89.7 Å². The number of aliphatic hydroxyl groups is 1. The molecule has 2 atom stereocenters. The number of nitrogens with zero attached hydrogens (tertiary/aromatic N) is 4. The Balaban J connectivity index is 1.43. The third kappa shape index (κ3) is 4.99. The number of carbonyl (C=O) groups excluding carboxylic acids is 1. The van der Waals surface area contributed by atoms with Crippen LogP contribution in [0.15, 0.2) is 72.9 Å². The van der Waals surface area contributed by atoms with Gasteiger partial charge >= 0.3 is 0 Å². The first-order valence-corrected chi connectivity index (χ1v) is 13.5. The standard InChI is InChI=1S/C33H34N4O3/c1-21-19-36(20-22(2)37(21)32(38)33(3,4)39)26-15-13-25(14-16-26)29-18-35-30-27(7-6-8-28(30)31(29)40-5)24-11-9-23(17-34)10-12-24/h6-16,18,21-22,39H,19-20H2,1-5H3. The lowest BCUT2D eigenvalue weighted by Gasteiger charge is -2.47. The van der Waals surface area contributed by atoms with Crippen molar-refractivity contribution >= 4 is 22.5 Å². The molecule has 0 bridgehead atoms. The largest absolute Gasteiger partial charge is 0.495 e. The van der Waals surface area contributed by atoms with Crippen molar-refractivity contribution in [3.63, 3.8) is 0 Å². The first-order valence-electron chi connectivity index (χ1n) is 13.5. The van der Waals surface area contributed by atoms with Crippen molar-refractivity contribution < 1.29 is 14.6 Å². The summed E-state index contributed by atoms with van der Waals surface area (Å²) in [6.45, 7) is 8.51. The van der Waals surface area contributed by atoms with E-state index in [1.54, 1.807) is 21.0 Å². The number of carbonyl (C=O) groups is 1. The van der Waals surface area contributed by atoms with Crippen molar-refractivity contribution in [2.24, 2.45) is 0 Å². The van der Waals surface area contributed by atoms with Crippen LogP contribution in [0.25, 0.3) is 33.2 Å². The van der Waals surface area contributed by atoms with E-state index in [0.29, 0.717) is 18.7 Å². The molecule has 204 valence electrons. The molecular weight excluding hydrogens is 500 g/mol. The summed E-state index contributed by atoms with van der Waals surface area (Å²) in [7, 11) is 1.68. The first kappa shape index (κ1) is 27.2. The third-order valence-electron chi connectivity index (χ3n) is 7.60. The molecule has 4 aromatic rings. The van der Waals surface area contributed by atoms with Crippen molar-refractivity contribution in [1.29, 1.82) is 5.26 Å². The van der Waals surface area contributed by atoms with Crippen molar-refractivity contribution in [1.82, 2.24) is 9.88 Å². The summed E-state index contributed by atoms with van der Waals surface area (Å²) in [5.41, 5.74) is 5.02. The van der Waals surface area contributed by atoms with Crippen molar-refractivity contribution in [2.75, 3.05) is 25.1 Å². The van der Waals surface area contributed by atoms with E-state index >= 15 is 0 Å². The van der Waals surface area contributed by atoms with Gasteiger partial charge in [0.2, 0.25) is 0 Å². The van der Waals surface area contributed by atoms with Crippen LogP contribution in [-0.4, -0.2) is 58.8 Å². The van der Waals surface area contributed by atoms with Gasteiger partial charge in [-0.2, -0.15) is 5.26 Å². The molecule has 1 aliphatic heterocycles. The zero-order valence-electron chi connectivity index (χ0n) is 23.5. The molecule has 7 heteroatoms. The molecule has 1 saturated heterocycles. The average molecular weight is 535 g/mol. The van der Waals surface area contributed by atoms with Gasteiger partial charge in [0.1, 0.15) is 11.4 Å². The monoisotopic (exact) mass is 534 g/mol. The second kappa shape index (κ2) is 10.6. The number of amides is 1. The number of methoxy groups -OCH3 is 1. The number of pyridine rings is 1. The predicted molar refractivity (Wildman–Crippen MR) is 158 cm³/mol. The van der Waals surface area contributed by atoms with Crippen LogP contribution in [0.4, 0.5) is 5.69 Å². The minimum absolute atomic E-state index is 0.0302. The van der Waals surface area contributed by atoms with Gasteiger partial charge < -0.3 is 19.6 Å². The molecule has 1 amide bonds. The van der Waals surface area contributed by atoms with Gasteiger partial charge in [-0.05, 0) is 69.2 Å². The molecule has 2 unspecified atom stereocenters. The lowest BCUT2D eigenvalue weighted by molar-refractivity contribution is -0.153. The van der Waals surface area contributed by atoms with Crippen molar-refractivity contribution in [3.8, 4) is 34.1 Å². The van der Waals surface area contributed by atoms with E-state index < -0.39 is 5.60 Å². The predicted octanol–water partition coefficient (Wildman–Crippen LogP) is 5.65. The van der Waals surface area contributed by atoms with E-state index in [1.165, 1.54) is 0 Å². The van der Waals surface area contributed by atoms with Crippen LogP contribution in [0.3, 0.4) is 0 Å². The van der Waals surface area contributed by atoms with Gasteiger partial charge in [0, 0.05) is 53.6 Å². The molecule has 0 saturated carbocycles. The summed E-state index contributed by atoms with van der Waals surface area (Å²) in [6.07, 6.45) is 1.86. The number of anilines is 1. The summed E-state index contributed by atoms with van der Waals surface area (Å²) >= 11 is 0. The molecule has 1 aromatic heterocycles. The number of hydrogen-bond donors (Lipinski definition) is 1. The van der Waals surface area contributed by atoms with Crippen LogP contribution in [0, 0.1) is 11.3 Å². The van der Waals surface area contributed by atoms with E-state index in [1.807, 2.05) is 67.4 Å². The second-order valence-electron chi connectivity index (χ2n) is 11.0. The minimum Gasteiger partial charge on any atom is -0.495 e. The van der Waals surface area contributed by atoms with E-state index in [2.05, 4.69) is 35.2 Å². The molecule has 3 aromatic carbocycles. The SMILES string of the molecule is COc1c(-c2ccc(N3CC(C)N(C(=O)C(C)(C)O)C(C)C3)cc2)cnc2c(-c3ccc(C#N)cc3)cccc12. The minimum atomic E-state index is -1.39. The first-order chi connectivity index (χ1) is 19.1. The number of hydrogen-bond acceptors (Lipinski definition) is 6. The summed E-state index contributed by atoms with van der Waals surface area (Å²) in [5.74, 6) is 0.523. The Labute approximate surface area is 235 Å². The number of nitriles is 1. The Kier molecular flexibility index (Phi) is 7.22. The number of fused-ring (bicyclic) bond motifs is 1. The lowest BCUT2D eigenvalue weighted by atomic mass is 9.97. The van der Waals surface area contributed by atoms with Crippen LogP contribution in [0.1, 0.15) is 33.3 Å². The Bertz CT molecular complexity index is 1570. The molecule has 1 N–H and O–H groups in total. The van der Waals surface area contributed by atoms with Gasteiger partial charge in [-0.25, -0.2) is 0 Å². The lowest BCUT2D eigenvalue weighted by Crippen LogP contribution is -2.62. The third-order valence-corrected chi connectivity index (χ3v) is 7.60. The number of benzene rings is 3. The summed E-state index contributed by atoms with van der Waals surface area (Å²) in [4.78, 5) is 21.7. The molecule has 0 aliphatic carbocycles. The van der Waals surface area contributed by atoms with E-state index in [0.717, 1.165) is 44.6 Å². The molecule has 1 fully saturated rings.